The molecule has 2 aliphatic rings. The van der Waals surface area contributed by atoms with Crippen LogP contribution in [0.25, 0.3) is 0 Å². The zero-order valence-electron chi connectivity index (χ0n) is 41.5. The predicted octanol–water partition coefficient (Wildman–Crippen LogP) is 10.5. The first-order valence-corrected chi connectivity index (χ1v) is 25.2. The van der Waals surface area contributed by atoms with Gasteiger partial charge in [0.25, 0.3) is 0 Å². The molecule has 74 heavy (non-hydrogen) atoms. The van der Waals surface area contributed by atoms with Gasteiger partial charge in [-0.1, -0.05) is 200 Å². The van der Waals surface area contributed by atoms with Gasteiger partial charge in [0.05, 0.1) is 58.4 Å². The summed E-state index contributed by atoms with van der Waals surface area (Å²) in [4.78, 5) is 14.4. The van der Waals surface area contributed by atoms with E-state index in [-0.39, 0.29) is 46.2 Å². The molecule has 10 atom stereocenters. The molecule has 9 rings (SSSR count). The number of esters is 1. The number of benzene rings is 7. The van der Waals surface area contributed by atoms with Crippen LogP contribution in [0.3, 0.4) is 0 Å². The molecule has 0 saturated carbocycles. The highest BCUT2D eigenvalue weighted by Crippen LogP contribution is 2.37. The van der Waals surface area contributed by atoms with Gasteiger partial charge in [-0.15, -0.1) is 0 Å². The number of carbonyl (C=O) groups is 1. The Morgan fingerprint density at radius 1 is 0.365 bits per heavy atom. The molecule has 7 aromatic carbocycles. The molecule has 2 heterocycles. The van der Waals surface area contributed by atoms with Gasteiger partial charge in [0.15, 0.2) is 18.7 Å². The molecule has 0 aliphatic carbocycles. The summed E-state index contributed by atoms with van der Waals surface area (Å²) in [7, 11) is 1.53. The second-order valence-electron chi connectivity index (χ2n) is 18.2. The third-order valence-electron chi connectivity index (χ3n) is 12.9. The zero-order valence-corrected chi connectivity index (χ0v) is 41.5. The molecule has 0 N–H and O–H groups in total. The summed E-state index contributed by atoms with van der Waals surface area (Å²) in [6, 6.07) is 68.1. The summed E-state index contributed by atoms with van der Waals surface area (Å²) in [5, 5.41) is 0. The van der Waals surface area contributed by atoms with Crippen molar-refractivity contribution < 1.29 is 56.9 Å². The van der Waals surface area contributed by atoms with E-state index in [0.717, 1.165) is 33.4 Å². The molecule has 0 radical (unpaired) electrons. The molecule has 12 nitrogen and oxygen atoms in total. The molecular weight excluding hydrogens is 937 g/mol. The minimum Gasteiger partial charge on any atom is -0.453 e. The van der Waals surface area contributed by atoms with Crippen molar-refractivity contribution in [2.45, 2.75) is 101 Å². The third kappa shape index (κ3) is 14.9. The van der Waals surface area contributed by atoms with Crippen LogP contribution in [-0.2, 0) is 91.7 Å². The van der Waals surface area contributed by atoms with Crippen LogP contribution in [0.4, 0.5) is 0 Å². The van der Waals surface area contributed by atoms with Crippen LogP contribution in [0.1, 0.15) is 43.7 Å². The molecule has 0 bridgehead atoms. The van der Waals surface area contributed by atoms with Gasteiger partial charge in [-0.05, 0) is 45.5 Å². The lowest BCUT2D eigenvalue weighted by Gasteiger charge is -2.50. The minimum atomic E-state index is -1.21. The molecule has 0 unspecified atom stereocenters. The van der Waals surface area contributed by atoms with Gasteiger partial charge in [0, 0.05) is 7.11 Å². The summed E-state index contributed by atoms with van der Waals surface area (Å²) in [6.45, 7) is 1.48. The fraction of sp³-hybridized carbons (Fsp3) is 0.306. The van der Waals surface area contributed by atoms with E-state index in [0.29, 0.717) is 12.2 Å². The molecule has 7 aromatic rings. The topological polar surface area (TPSA) is 119 Å². The average Bonchev–Trinajstić information content (AvgIpc) is 3.46. The van der Waals surface area contributed by atoms with Gasteiger partial charge in [-0.3, -0.25) is 0 Å². The van der Waals surface area contributed by atoms with Gasteiger partial charge in [-0.2, -0.15) is 0 Å². The van der Waals surface area contributed by atoms with Crippen LogP contribution < -0.4 is 0 Å². The number of rotatable bonds is 25. The number of ether oxygens (including phenoxy) is 11. The highest BCUT2D eigenvalue weighted by Gasteiger charge is 2.55. The lowest BCUT2D eigenvalue weighted by Crippen LogP contribution is -2.66. The third-order valence-corrected chi connectivity index (χ3v) is 12.9. The van der Waals surface area contributed by atoms with E-state index < -0.39 is 67.4 Å². The Labute approximate surface area is 433 Å². The molecule has 0 aromatic heterocycles. The molecule has 12 heteroatoms. The van der Waals surface area contributed by atoms with Crippen LogP contribution in [0.5, 0.6) is 0 Å². The summed E-state index contributed by atoms with van der Waals surface area (Å²) < 4.78 is 74.8. The van der Waals surface area contributed by atoms with Crippen molar-refractivity contribution in [3.8, 4) is 0 Å². The standard InChI is InChI=1S/C62H64O12/c1-64-61-59(70-42-50-33-19-7-20-34-50)57(73-60(63)51-35-21-8-22-36-51)55(53(71-61)44-66-38-46-25-11-3-12-26-46)74-62-58(69-41-49-31-17-6-18-32-49)56(68-40-48-29-15-5-16-30-48)54(67-39-47-27-13-4-14-28-47)52(72-62)43-65-37-45-23-9-2-10-24-45/h2-36,52-59,61-62H,37-44H2,1H3/t52-,53-,54+,55+,56+,57+,58-,59-,61-,62-/m1/s1. The number of hydrogen-bond acceptors (Lipinski definition) is 12. The van der Waals surface area contributed by atoms with E-state index in [1.54, 1.807) is 24.3 Å². The Bertz CT molecular complexity index is 2650. The highest BCUT2D eigenvalue weighted by atomic mass is 16.8. The molecule has 2 saturated heterocycles. The first-order chi connectivity index (χ1) is 36.6. The maximum Gasteiger partial charge on any atom is 0.338 e. The highest BCUT2D eigenvalue weighted by molar-refractivity contribution is 5.89. The minimum absolute atomic E-state index is 0.00678. The van der Waals surface area contributed by atoms with Gasteiger partial charge >= 0.3 is 5.97 Å². The summed E-state index contributed by atoms with van der Waals surface area (Å²) >= 11 is 0. The molecule has 2 fully saturated rings. The maximum atomic E-state index is 14.4. The molecular formula is C62H64O12. The largest absolute Gasteiger partial charge is 0.453 e. The molecule has 0 amide bonds. The van der Waals surface area contributed by atoms with Crippen molar-refractivity contribution in [3.63, 3.8) is 0 Å². The summed E-state index contributed by atoms with van der Waals surface area (Å²) in [5.41, 5.74) is 6.02. The van der Waals surface area contributed by atoms with E-state index in [1.807, 2.05) is 188 Å². The van der Waals surface area contributed by atoms with Gasteiger partial charge in [0.1, 0.15) is 42.7 Å². The Morgan fingerprint density at radius 2 is 0.689 bits per heavy atom. The smallest absolute Gasteiger partial charge is 0.338 e. The fourth-order valence-electron chi connectivity index (χ4n) is 9.09. The second kappa shape index (κ2) is 27.8. The van der Waals surface area contributed by atoms with E-state index in [9.17, 15) is 4.79 Å². The first kappa shape index (κ1) is 52.5. The molecule has 384 valence electrons. The summed E-state index contributed by atoms with van der Waals surface area (Å²) in [6.07, 6.45) is -9.69. The Kier molecular flexibility index (Phi) is 19.7. The monoisotopic (exact) mass is 1000 g/mol. The van der Waals surface area contributed by atoms with E-state index >= 15 is 0 Å². The normalized spacial score (nSPS) is 23.7. The van der Waals surface area contributed by atoms with Crippen LogP contribution in [0.2, 0.25) is 0 Å². The van der Waals surface area contributed by atoms with Crippen LogP contribution >= 0.6 is 0 Å². The zero-order chi connectivity index (χ0) is 50.6. The summed E-state index contributed by atoms with van der Waals surface area (Å²) in [5.74, 6) is -0.592. The Hall–Kier alpha value is -6.39. The predicted molar refractivity (Wildman–Crippen MR) is 277 cm³/mol. The van der Waals surface area contributed by atoms with Crippen LogP contribution in [-0.4, -0.2) is 87.7 Å². The van der Waals surface area contributed by atoms with Crippen LogP contribution in [0.15, 0.2) is 212 Å². The molecule has 2 aliphatic heterocycles. The number of carbonyl (C=O) groups excluding carboxylic acids is 1. The van der Waals surface area contributed by atoms with Crippen molar-refractivity contribution in [2.24, 2.45) is 0 Å². The van der Waals surface area contributed by atoms with Gasteiger partial charge < -0.3 is 52.1 Å². The maximum absolute atomic E-state index is 14.4. The lowest BCUT2D eigenvalue weighted by atomic mass is 9.95. The Morgan fingerprint density at radius 3 is 1.09 bits per heavy atom. The SMILES string of the molecule is CO[C@@H]1O[C@H](COCc2ccccc2)[C@H](O[C@H]2O[C@H](COCc3ccccc3)[C@H](OCc3ccccc3)[C@H](OCc3ccccc3)[C@H]2OCc2ccccc2)[C@H](OC(=O)c2ccccc2)[C@H]1OCc1ccccc1. The number of hydrogen-bond donors (Lipinski definition) is 0. The second-order valence-corrected chi connectivity index (χ2v) is 18.2. The van der Waals surface area contributed by atoms with Crippen molar-refractivity contribution in [3.05, 3.63) is 251 Å². The van der Waals surface area contributed by atoms with Gasteiger partial charge in [-0.25, -0.2) is 4.79 Å². The quantitative estimate of drug-likeness (QED) is 0.0507. The van der Waals surface area contributed by atoms with Gasteiger partial charge in [0.2, 0.25) is 0 Å². The molecule has 0 spiro atoms. The van der Waals surface area contributed by atoms with Crippen molar-refractivity contribution in [1.29, 1.82) is 0 Å². The Balaban J connectivity index is 1.12. The number of methoxy groups -OCH3 is 1. The first-order valence-electron chi connectivity index (χ1n) is 25.2. The van der Waals surface area contributed by atoms with E-state index in [4.69, 9.17) is 52.1 Å². The van der Waals surface area contributed by atoms with Crippen molar-refractivity contribution in [1.82, 2.24) is 0 Å². The average molecular weight is 1000 g/mol. The van der Waals surface area contributed by atoms with Crippen molar-refractivity contribution >= 4 is 5.97 Å². The van der Waals surface area contributed by atoms with E-state index in [2.05, 4.69) is 0 Å². The van der Waals surface area contributed by atoms with Crippen LogP contribution in [0, 0.1) is 0 Å². The lowest BCUT2D eigenvalue weighted by molar-refractivity contribution is -0.372. The van der Waals surface area contributed by atoms with E-state index in [1.165, 1.54) is 7.11 Å². The van der Waals surface area contributed by atoms with Crippen molar-refractivity contribution in [2.75, 3.05) is 20.3 Å². The fourth-order valence-corrected chi connectivity index (χ4v) is 9.09.